The number of rotatable bonds is 7. The van der Waals surface area contributed by atoms with Gasteiger partial charge in [0.1, 0.15) is 0 Å². The van der Waals surface area contributed by atoms with Gasteiger partial charge in [-0.25, -0.2) is 0 Å². The molecule has 1 saturated carbocycles. The Hall–Kier alpha value is -1.61. The van der Waals surface area contributed by atoms with Crippen molar-refractivity contribution >= 4 is 0 Å². The molecule has 21 heavy (non-hydrogen) atoms. The molecule has 3 heteroatoms. The quantitative estimate of drug-likeness (QED) is 0.846. The number of nitrogens with one attached hydrogen (secondary N) is 1. The molecule has 3 nitrogen and oxygen atoms in total. The summed E-state index contributed by atoms with van der Waals surface area (Å²) in [6.45, 7) is 3.30. The third-order valence-electron chi connectivity index (χ3n) is 4.63. The lowest BCUT2D eigenvalue weighted by Gasteiger charge is -2.28. The van der Waals surface area contributed by atoms with Gasteiger partial charge >= 0.3 is 0 Å². The summed E-state index contributed by atoms with van der Waals surface area (Å²) in [7, 11) is 1.99. The van der Waals surface area contributed by atoms with Gasteiger partial charge in [-0.3, -0.25) is 4.68 Å². The van der Waals surface area contributed by atoms with E-state index in [1.807, 2.05) is 17.9 Å². The highest BCUT2D eigenvalue weighted by atomic mass is 15.2. The van der Waals surface area contributed by atoms with Crippen LogP contribution in [0.25, 0.3) is 0 Å². The van der Waals surface area contributed by atoms with Gasteiger partial charge in [-0.2, -0.15) is 5.10 Å². The van der Waals surface area contributed by atoms with E-state index in [0.717, 1.165) is 13.0 Å². The summed E-state index contributed by atoms with van der Waals surface area (Å²) in [5.41, 5.74) is 2.98. The van der Waals surface area contributed by atoms with E-state index >= 15 is 0 Å². The Bertz CT molecular complexity index is 569. The summed E-state index contributed by atoms with van der Waals surface area (Å²) in [5.74, 6) is 0. The molecular formula is C18H25N3. The zero-order valence-corrected chi connectivity index (χ0v) is 13.0. The van der Waals surface area contributed by atoms with E-state index in [1.165, 1.54) is 30.5 Å². The van der Waals surface area contributed by atoms with Gasteiger partial charge in [0.25, 0.3) is 0 Å². The predicted molar refractivity (Wildman–Crippen MR) is 86.3 cm³/mol. The molecule has 1 fully saturated rings. The zero-order chi connectivity index (χ0) is 14.7. The van der Waals surface area contributed by atoms with Crippen molar-refractivity contribution in [1.82, 2.24) is 15.1 Å². The fraction of sp³-hybridized carbons (Fsp3) is 0.500. The SMILES string of the molecule is CCCNC(Cc1ccn(C)n1)C1(c2ccccc2)CC1. The molecule has 1 unspecified atom stereocenters. The molecular weight excluding hydrogens is 258 g/mol. The Morgan fingerprint density at radius 2 is 2.00 bits per heavy atom. The Morgan fingerprint density at radius 1 is 1.24 bits per heavy atom. The molecule has 1 aliphatic rings. The monoisotopic (exact) mass is 283 g/mol. The molecule has 0 aliphatic heterocycles. The molecule has 1 aromatic heterocycles. The summed E-state index contributed by atoms with van der Waals surface area (Å²) < 4.78 is 1.90. The number of benzene rings is 1. The second-order valence-corrected chi connectivity index (χ2v) is 6.21. The fourth-order valence-electron chi connectivity index (χ4n) is 3.31. The first-order valence-corrected chi connectivity index (χ1v) is 8.02. The van der Waals surface area contributed by atoms with Gasteiger partial charge in [-0.15, -0.1) is 0 Å². The fourth-order valence-corrected chi connectivity index (χ4v) is 3.31. The molecule has 1 aliphatic carbocycles. The van der Waals surface area contributed by atoms with Gasteiger partial charge in [-0.05, 0) is 37.4 Å². The van der Waals surface area contributed by atoms with E-state index in [4.69, 9.17) is 0 Å². The molecule has 1 heterocycles. The Morgan fingerprint density at radius 3 is 2.57 bits per heavy atom. The van der Waals surface area contributed by atoms with Gasteiger partial charge in [0.15, 0.2) is 0 Å². The van der Waals surface area contributed by atoms with Crippen LogP contribution in [0.2, 0.25) is 0 Å². The van der Waals surface area contributed by atoms with Crippen LogP contribution in [0.15, 0.2) is 42.6 Å². The molecule has 0 saturated heterocycles. The molecule has 3 rings (SSSR count). The predicted octanol–water partition coefficient (Wildman–Crippen LogP) is 3.06. The van der Waals surface area contributed by atoms with E-state index < -0.39 is 0 Å². The number of nitrogens with zero attached hydrogens (tertiary/aromatic N) is 2. The third-order valence-corrected chi connectivity index (χ3v) is 4.63. The van der Waals surface area contributed by atoms with Crippen molar-refractivity contribution < 1.29 is 0 Å². The van der Waals surface area contributed by atoms with Crippen LogP contribution >= 0.6 is 0 Å². The van der Waals surface area contributed by atoms with Gasteiger partial charge < -0.3 is 5.32 Å². The summed E-state index contributed by atoms with van der Waals surface area (Å²) in [4.78, 5) is 0. The molecule has 0 spiro atoms. The van der Waals surface area contributed by atoms with E-state index in [-0.39, 0.29) is 0 Å². The minimum atomic E-state index is 0.313. The Kier molecular flexibility index (Phi) is 4.11. The van der Waals surface area contributed by atoms with Crippen LogP contribution < -0.4 is 5.32 Å². The number of aryl methyl sites for hydroxylation is 1. The largest absolute Gasteiger partial charge is 0.313 e. The molecule has 112 valence electrons. The number of hydrogen-bond donors (Lipinski definition) is 1. The van der Waals surface area contributed by atoms with Crippen molar-refractivity contribution in [2.75, 3.05) is 6.54 Å². The van der Waals surface area contributed by atoms with Crippen LogP contribution in [0, 0.1) is 0 Å². The second-order valence-electron chi connectivity index (χ2n) is 6.21. The lowest BCUT2D eigenvalue weighted by Crippen LogP contribution is -2.42. The average molecular weight is 283 g/mol. The highest BCUT2D eigenvalue weighted by molar-refractivity contribution is 5.34. The smallest absolute Gasteiger partial charge is 0.0640 e. The normalized spacial score (nSPS) is 17.6. The summed E-state index contributed by atoms with van der Waals surface area (Å²) >= 11 is 0. The molecule has 0 radical (unpaired) electrons. The van der Waals surface area contributed by atoms with E-state index in [0.29, 0.717) is 11.5 Å². The molecule has 1 N–H and O–H groups in total. The van der Waals surface area contributed by atoms with Crippen LogP contribution in [-0.2, 0) is 18.9 Å². The molecule has 1 atom stereocenters. The van der Waals surface area contributed by atoms with E-state index in [9.17, 15) is 0 Å². The van der Waals surface area contributed by atoms with Crippen molar-refractivity contribution in [2.24, 2.45) is 7.05 Å². The average Bonchev–Trinajstić information content (AvgIpc) is 3.22. The lowest BCUT2D eigenvalue weighted by molar-refractivity contribution is 0.408. The van der Waals surface area contributed by atoms with Crippen molar-refractivity contribution in [3.63, 3.8) is 0 Å². The maximum Gasteiger partial charge on any atom is 0.0640 e. The minimum absolute atomic E-state index is 0.313. The first-order chi connectivity index (χ1) is 10.2. The molecule has 0 bridgehead atoms. The lowest BCUT2D eigenvalue weighted by atomic mass is 9.85. The molecule has 0 amide bonds. The van der Waals surface area contributed by atoms with Gasteiger partial charge in [0, 0.05) is 31.1 Å². The first-order valence-electron chi connectivity index (χ1n) is 8.02. The van der Waals surface area contributed by atoms with Crippen molar-refractivity contribution in [1.29, 1.82) is 0 Å². The molecule has 2 aromatic rings. The van der Waals surface area contributed by atoms with Crippen molar-refractivity contribution in [3.8, 4) is 0 Å². The highest BCUT2D eigenvalue weighted by Gasteiger charge is 2.50. The molecule has 1 aromatic carbocycles. The standard InChI is InChI=1S/C18H25N3/c1-3-12-19-17(14-16-9-13-21(2)20-16)18(10-11-18)15-7-5-4-6-8-15/h4-9,13,17,19H,3,10-12,14H2,1-2H3. The van der Waals surface area contributed by atoms with Gasteiger partial charge in [0.2, 0.25) is 0 Å². The van der Waals surface area contributed by atoms with Crippen molar-refractivity contribution in [2.45, 2.75) is 44.1 Å². The second kappa shape index (κ2) is 6.02. The third kappa shape index (κ3) is 3.03. The van der Waals surface area contributed by atoms with E-state index in [1.54, 1.807) is 0 Å². The maximum atomic E-state index is 4.57. The Balaban J connectivity index is 1.82. The number of hydrogen-bond acceptors (Lipinski definition) is 2. The number of aromatic nitrogens is 2. The van der Waals surface area contributed by atoms with Gasteiger partial charge in [0.05, 0.1) is 5.69 Å². The summed E-state index contributed by atoms with van der Waals surface area (Å²) in [6.07, 6.45) is 6.78. The minimum Gasteiger partial charge on any atom is -0.313 e. The highest BCUT2D eigenvalue weighted by Crippen LogP contribution is 2.51. The van der Waals surface area contributed by atoms with Crippen LogP contribution in [0.5, 0.6) is 0 Å². The Labute approximate surface area is 127 Å². The van der Waals surface area contributed by atoms with Crippen LogP contribution in [-0.4, -0.2) is 22.4 Å². The van der Waals surface area contributed by atoms with Crippen LogP contribution in [0.4, 0.5) is 0 Å². The first kappa shape index (κ1) is 14.3. The zero-order valence-electron chi connectivity index (χ0n) is 13.0. The van der Waals surface area contributed by atoms with Crippen molar-refractivity contribution in [3.05, 3.63) is 53.9 Å². The van der Waals surface area contributed by atoms with Crippen LogP contribution in [0.1, 0.15) is 37.4 Å². The summed E-state index contributed by atoms with van der Waals surface area (Å²) in [6, 6.07) is 13.6. The van der Waals surface area contributed by atoms with Gasteiger partial charge in [-0.1, -0.05) is 37.3 Å². The van der Waals surface area contributed by atoms with E-state index in [2.05, 4.69) is 53.7 Å². The van der Waals surface area contributed by atoms with Crippen LogP contribution in [0.3, 0.4) is 0 Å². The summed E-state index contributed by atoms with van der Waals surface area (Å²) in [5, 5.41) is 8.35. The topological polar surface area (TPSA) is 29.9 Å². The maximum absolute atomic E-state index is 4.57.